The van der Waals surface area contributed by atoms with Gasteiger partial charge < -0.3 is 10.4 Å². The summed E-state index contributed by atoms with van der Waals surface area (Å²) in [4.78, 5) is 17.2. The molecule has 0 saturated carbocycles. The predicted octanol–water partition coefficient (Wildman–Crippen LogP) is 3.46. The minimum Gasteiger partial charge on any atom is -0.507 e. The quantitative estimate of drug-likeness (QED) is 0.693. The zero-order valence-electron chi connectivity index (χ0n) is 16.7. The molecule has 0 radical (unpaired) electrons. The molecule has 30 heavy (non-hydrogen) atoms. The molecule has 2 aliphatic rings. The van der Waals surface area contributed by atoms with E-state index in [1.165, 1.54) is 0 Å². The van der Waals surface area contributed by atoms with Crippen molar-refractivity contribution in [2.24, 2.45) is 0 Å². The van der Waals surface area contributed by atoms with Gasteiger partial charge in [0.05, 0.1) is 34.9 Å². The second-order valence-corrected chi connectivity index (χ2v) is 8.29. The van der Waals surface area contributed by atoms with Gasteiger partial charge >= 0.3 is 0 Å². The highest BCUT2D eigenvalue weighted by atomic mass is 19.1. The van der Waals surface area contributed by atoms with Crippen molar-refractivity contribution in [2.45, 2.75) is 50.4 Å². The second-order valence-electron chi connectivity index (χ2n) is 8.29. The number of aromatic hydroxyl groups is 1. The Bertz CT molecular complexity index is 1080. The SMILES string of the molecule is C[C@]12CCC[C@H](C/C(=C\c3cnc(-c4cnc(-n5ccnc5)cc4O)cn3)[C@@H]1F)N2. The van der Waals surface area contributed by atoms with Crippen LogP contribution in [0.5, 0.6) is 5.75 Å². The molecule has 2 bridgehead atoms. The van der Waals surface area contributed by atoms with Gasteiger partial charge in [0.2, 0.25) is 0 Å². The van der Waals surface area contributed by atoms with Crippen LogP contribution in [-0.4, -0.2) is 47.4 Å². The summed E-state index contributed by atoms with van der Waals surface area (Å²) in [6.07, 6.45) is 14.2. The lowest BCUT2D eigenvalue weighted by molar-refractivity contribution is 0.0993. The van der Waals surface area contributed by atoms with Gasteiger partial charge in [-0.3, -0.25) is 14.5 Å². The largest absolute Gasteiger partial charge is 0.507 e. The van der Waals surface area contributed by atoms with Gasteiger partial charge in [0, 0.05) is 30.7 Å². The summed E-state index contributed by atoms with van der Waals surface area (Å²) in [5, 5.41) is 13.9. The van der Waals surface area contributed by atoms with Gasteiger partial charge in [-0.1, -0.05) is 0 Å². The predicted molar refractivity (Wildman–Crippen MR) is 111 cm³/mol. The fraction of sp³-hybridized carbons (Fsp3) is 0.364. The van der Waals surface area contributed by atoms with Crippen LogP contribution in [0.25, 0.3) is 23.2 Å². The van der Waals surface area contributed by atoms with Gasteiger partial charge in [0.15, 0.2) is 0 Å². The molecule has 0 aromatic carbocycles. The monoisotopic (exact) mass is 406 g/mol. The van der Waals surface area contributed by atoms with Crippen LogP contribution in [0.1, 0.15) is 38.3 Å². The van der Waals surface area contributed by atoms with Crippen LogP contribution in [0, 0.1) is 0 Å². The van der Waals surface area contributed by atoms with E-state index in [9.17, 15) is 5.11 Å². The lowest BCUT2D eigenvalue weighted by Crippen LogP contribution is -2.61. The molecule has 3 aromatic heterocycles. The van der Waals surface area contributed by atoms with Gasteiger partial charge in [0.25, 0.3) is 0 Å². The van der Waals surface area contributed by atoms with Gasteiger partial charge in [-0.15, -0.1) is 0 Å². The molecule has 3 atom stereocenters. The third-order valence-electron chi connectivity index (χ3n) is 6.07. The number of rotatable bonds is 3. The minimum absolute atomic E-state index is 0.0528. The highest BCUT2D eigenvalue weighted by Gasteiger charge is 2.45. The smallest absolute Gasteiger partial charge is 0.141 e. The first-order valence-electron chi connectivity index (χ1n) is 10.1. The summed E-state index contributed by atoms with van der Waals surface area (Å²) < 4.78 is 16.8. The Balaban J connectivity index is 1.39. The molecule has 8 heteroatoms. The average Bonchev–Trinajstić information content (AvgIpc) is 3.28. The van der Waals surface area contributed by atoms with Gasteiger partial charge in [-0.25, -0.2) is 14.4 Å². The molecule has 7 nitrogen and oxygen atoms in total. The molecule has 3 aromatic rings. The van der Waals surface area contributed by atoms with Crippen molar-refractivity contribution in [3.8, 4) is 22.8 Å². The molecule has 2 aliphatic heterocycles. The lowest BCUT2D eigenvalue weighted by atomic mass is 9.74. The van der Waals surface area contributed by atoms with Crippen molar-refractivity contribution >= 4 is 6.08 Å². The fourth-order valence-corrected chi connectivity index (χ4v) is 4.52. The number of nitrogens with zero attached hydrogens (tertiary/aromatic N) is 5. The van der Waals surface area contributed by atoms with Gasteiger partial charge in [-0.05, 0) is 44.3 Å². The Hall–Kier alpha value is -3.13. The molecule has 0 amide bonds. The molecule has 2 fully saturated rings. The molecular formula is C22H23FN6O. The number of halogens is 1. The maximum Gasteiger partial charge on any atom is 0.141 e. The van der Waals surface area contributed by atoms with Crippen LogP contribution in [0.4, 0.5) is 4.39 Å². The summed E-state index contributed by atoms with van der Waals surface area (Å²) in [7, 11) is 0. The van der Waals surface area contributed by atoms with Crippen LogP contribution >= 0.6 is 0 Å². The van der Waals surface area contributed by atoms with Crippen LogP contribution in [0.2, 0.25) is 0 Å². The standard InChI is InChI=1S/C22H23FN6O/c1-22-4-2-3-15(28-22)7-14(21(22)23)8-16-10-26-18(12-25-16)17-11-27-20(9-19(17)30)29-6-5-24-13-29/h5-6,8-13,15,21,28H,2-4,7H2,1H3,(H,27,30)/b14-8+/t15-,21+,22+/m1/s1. The number of imidazole rings is 1. The van der Waals surface area contributed by atoms with E-state index in [1.54, 1.807) is 47.9 Å². The van der Waals surface area contributed by atoms with E-state index in [0.29, 0.717) is 35.2 Å². The van der Waals surface area contributed by atoms with Crippen molar-refractivity contribution in [3.63, 3.8) is 0 Å². The van der Waals surface area contributed by atoms with Crippen molar-refractivity contribution in [1.29, 1.82) is 0 Å². The van der Waals surface area contributed by atoms with Crippen molar-refractivity contribution < 1.29 is 9.50 Å². The first-order valence-corrected chi connectivity index (χ1v) is 10.1. The Morgan fingerprint density at radius 2 is 2.17 bits per heavy atom. The average molecular weight is 406 g/mol. The van der Waals surface area contributed by atoms with E-state index in [-0.39, 0.29) is 5.75 Å². The number of alkyl halides is 1. The summed E-state index contributed by atoms with van der Waals surface area (Å²) in [6, 6.07) is 1.88. The molecule has 5 rings (SSSR count). The Morgan fingerprint density at radius 1 is 1.27 bits per heavy atom. The van der Waals surface area contributed by atoms with E-state index in [4.69, 9.17) is 0 Å². The van der Waals surface area contributed by atoms with Gasteiger partial charge in [-0.2, -0.15) is 0 Å². The van der Waals surface area contributed by atoms with E-state index in [2.05, 4.69) is 25.3 Å². The number of pyridine rings is 1. The Kier molecular flexibility index (Phi) is 4.58. The van der Waals surface area contributed by atoms with Crippen molar-refractivity contribution in [1.82, 2.24) is 29.8 Å². The van der Waals surface area contributed by atoms with Crippen LogP contribution in [0.3, 0.4) is 0 Å². The van der Waals surface area contributed by atoms with Crippen LogP contribution in [-0.2, 0) is 0 Å². The highest BCUT2D eigenvalue weighted by Crippen LogP contribution is 2.39. The first kappa shape index (κ1) is 18.9. The number of aromatic nitrogens is 5. The molecule has 2 N–H and O–H groups in total. The summed E-state index contributed by atoms with van der Waals surface area (Å²) in [5.74, 6) is 0.610. The maximum absolute atomic E-state index is 15.1. The van der Waals surface area contributed by atoms with Gasteiger partial charge in [0.1, 0.15) is 24.1 Å². The molecule has 5 heterocycles. The topological polar surface area (TPSA) is 88.8 Å². The normalized spacial score (nSPS) is 27.3. The summed E-state index contributed by atoms with van der Waals surface area (Å²) >= 11 is 0. The van der Waals surface area contributed by atoms with Crippen molar-refractivity contribution in [2.75, 3.05) is 0 Å². The zero-order valence-corrected chi connectivity index (χ0v) is 16.7. The first-order chi connectivity index (χ1) is 14.5. The number of fused-ring (bicyclic) bond motifs is 2. The molecular weight excluding hydrogens is 383 g/mol. The van der Waals surface area contributed by atoms with E-state index < -0.39 is 11.7 Å². The fourth-order valence-electron chi connectivity index (χ4n) is 4.52. The molecule has 0 unspecified atom stereocenters. The molecule has 0 aliphatic carbocycles. The molecule has 0 spiro atoms. The Labute approximate surface area is 173 Å². The van der Waals surface area contributed by atoms with E-state index in [1.807, 2.05) is 13.0 Å². The number of nitrogens with one attached hydrogen (secondary N) is 1. The second kappa shape index (κ2) is 7.28. The van der Waals surface area contributed by atoms with Crippen LogP contribution < -0.4 is 5.32 Å². The lowest BCUT2D eigenvalue weighted by Gasteiger charge is -2.47. The Morgan fingerprint density at radius 3 is 2.90 bits per heavy atom. The third-order valence-corrected chi connectivity index (χ3v) is 6.07. The van der Waals surface area contributed by atoms with Crippen molar-refractivity contribution in [3.05, 3.63) is 54.6 Å². The van der Waals surface area contributed by atoms with E-state index in [0.717, 1.165) is 24.8 Å². The number of piperidine rings is 2. The van der Waals surface area contributed by atoms with E-state index >= 15 is 4.39 Å². The maximum atomic E-state index is 15.1. The number of hydrogen-bond donors (Lipinski definition) is 2. The third kappa shape index (κ3) is 3.37. The highest BCUT2D eigenvalue weighted by molar-refractivity contribution is 5.66. The minimum atomic E-state index is -1.03. The molecule has 154 valence electrons. The summed E-state index contributed by atoms with van der Waals surface area (Å²) in [6.45, 7) is 1.97. The number of hydrogen-bond acceptors (Lipinski definition) is 6. The van der Waals surface area contributed by atoms with Crippen LogP contribution in [0.15, 0.2) is 49.0 Å². The molecule has 2 saturated heterocycles. The zero-order chi connectivity index (χ0) is 20.7. The summed E-state index contributed by atoms with van der Waals surface area (Å²) in [5.41, 5.74) is 1.89.